The molecule has 2 aromatic rings. The zero-order valence-corrected chi connectivity index (χ0v) is 16.6. The number of hydrogen-bond acceptors (Lipinski definition) is 4. The van der Waals surface area contributed by atoms with Gasteiger partial charge in [0.15, 0.2) is 4.87 Å². The number of ether oxygens (including phenoxy) is 1. The molecule has 6 heteroatoms. The molecule has 1 aliphatic carbocycles. The summed E-state index contributed by atoms with van der Waals surface area (Å²) in [5.41, 5.74) is 2.85. The quantitative estimate of drug-likeness (QED) is 0.798. The van der Waals surface area contributed by atoms with Crippen molar-refractivity contribution in [2.24, 2.45) is 5.92 Å². The Labute approximate surface area is 168 Å². The molecule has 2 aromatic carbocycles. The average molecular weight is 394 g/mol. The average Bonchev–Trinajstić information content (AvgIpc) is 3.45. The topological polar surface area (TPSA) is 49.9 Å². The van der Waals surface area contributed by atoms with Gasteiger partial charge < -0.3 is 14.5 Å². The molecule has 2 aliphatic heterocycles. The number of para-hydroxylation sites is 1. The second-order valence-electron chi connectivity index (χ2n) is 7.52. The van der Waals surface area contributed by atoms with Gasteiger partial charge in [-0.15, -0.1) is 11.8 Å². The summed E-state index contributed by atoms with van der Waals surface area (Å²) in [4.78, 5) is 29.6. The molecular weight excluding hydrogens is 372 g/mol. The summed E-state index contributed by atoms with van der Waals surface area (Å²) in [6.45, 7) is 1.09. The van der Waals surface area contributed by atoms with Crippen LogP contribution in [0.15, 0.2) is 48.5 Å². The minimum atomic E-state index is -0.908. The predicted octanol–water partition coefficient (Wildman–Crippen LogP) is 3.38. The molecule has 0 bridgehead atoms. The molecule has 0 aromatic heterocycles. The Bertz CT molecular complexity index is 958. The number of methoxy groups -OCH3 is 1. The standard InChI is InChI=1S/C22H22N2O3S/c1-27-17-6-4-5-15(13-17)14-23-19-8-3-2-7-18(19)22(21(23)26)24(11-12-28-22)20(25)16-9-10-16/h2-8,13,16H,9-12,14H2,1H3/t22-/m1/s1. The molecule has 2 amide bonds. The molecule has 1 saturated heterocycles. The van der Waals surface area contributed by atoms with Crippen molar-refractivity contribution < 1.29 is 14.3 Å². The Morgan fingerprint density at radius 2 is 2.04 bits per heavy atom. The molecule has 2 fully saturated rings. The fourth-order valence-electron chi connectivity index (χ4n) is 4.25. The maximum Gasteiger partial charge on any atom is 0.268 e. The molecule has 0 N–H and O–H groups in total. The first-order chi connectivity index (χ1) is 13.6. The van der Waals surface area contributed by atoms with Crippen molar-refractivity contribution in [2.75, 3.05) is 24.3 Å². The number of thioether (sulfide) groups is 1. The molecule has 144 valence electrons. The van der Waals surface area contributed by atoms with Crippen LogP contribution >= 0.6 is 11.8 Å². The molecule has 1 atom stereocenters. The van der Waals surface area contributed by atoms with E-state index in [2.05, 4.69) is 0 Å². The number of hydrogen-bond donors (Lipinski definition) is 0. The lowest BCUT2D eigenvalue weighted by molar-refractivity contribution is -0.141. The van der Waals surface area contributed by atoms with Crippen molar-refractivity contribution in [1.82, 2.24) is 4.90 Å². The lowest BCUT2D eigenvalue weighted by atomic mass is 10.1. The highest BCUT2D eigenvalue weighted by Crippen LogP contribution is 2.55. The van der Waals surface area contributed by atoms with E-state index >= 15 is 0 Å². The van der Waals surface area contributed by atoms with Gasteiger partial charge in [-0.05, 0) is 36.6 Å². The maximum absolute atomic E-state index is 13.8. The van der Waals surface area contributed by atoms with E-state index in [-0.39, 0.29) is 17.7 Å². The summed E-state index contributed by atoms with van der Waals surface area (Å²) in [7, 11) is 1.64. The van der Waals surface area contributed by atoms with Gasteiger partial charge in [-0.25, -0.2) is 0 Å². The SMILES string of the molecule is COc1cccc(CN2C(=O)[C@]3(SCCN3C(=O)C3CC3)c3ccccc32)c1. The van der Waals surface area contributed by atoms with Gasteiger partial charge in [-0.3, -0.25) is 9.59 Å². The van der Waals surface area contributed by atoms with Crippen LogP contribution in [0.1, 0.15) is 24.0 Å². The first kappa shape index (κ1) is 17.6. The van der Waals surface area contributed by atoms with Crippen molar-refractivity contribution in [2.45, 2.75) is 24.3 Å². The van der Waals surface area contributed by atoms with E-state index in [0.717, 1.165) is 41.2 Å². The zero-order valence-electron chi connectivity index (χ0n) is 15.8. The fourth-order valence-corrected chi connectivity index (χ4v) is 5.72. The Morgan fingerprint density at radius 1 is 1.21 bits per heavy atom. The summed E-state index contributed by atoms with van der Waals surface area (Å²) >= 11 is 1.60. The number of fused-ring (bicyclic) bond motifs is 2. The molecule has 1 saturated carbocycles. The van der Waals surface area contributed by atoms with Crippen molar-refractivity contribution in [3.05, 3.63) is 59.7 Å². The third-order valence-electron chi connectivity index (χ3n) is 5.77. The highest BCUT2D eigenvalue weighted by atomic mass is 32.2. The second-order valence-corrected chi connectivity index (χ2v) is 8.80. The number of anilines is 1. The number of carbonyl (C=O) groups excluding carboxylic acids is 2. The van der Waals surface area contributed by atoms with Gasteiger partial charge in [0.05, 0.1) is 19.3 Å². The van der Waals surface area contributed by atoms with Crippen LogP contribution in [0.5, 0.6) is 5.75 Å². The van der Waals surface area contributed by atoms with Gasteiger partial charge >= 0.3 is 0 Å². The first-order valence-electron chi connectivity index (χ1n) is 9.65. The smallest absolute Gasteiger partial charge is 0.268 e. The minimum absolute atomic E-state index is 0.00646. The van der Waals surface area contributed by atoms with Crippen LogP contribution in [0.25, 0.3) is 0 Å². The summed E-state index contributed by atoms with van der Waals surface area (Å²) < 4.78 is 5.33. The van der Waals surface area contributed by atoms with E-state index in [1.165, 1.54) is 0 Å². The summed E-state index contributed by atoms with van der Waals surface area (Å²) in [5.74, 6) is 1.78. The summed E-state index contributed by atoms with van der Waals surface area (Å²) in [5, 5.41) is 0. The van der Waals surface area contributed by atoms with E-state index < -0.39 is 4.87 Å². The zero-order chi connectivity index (χ0) is 19.3. The van der Waals surface area contributed by atoms with E-state index in [0.29, 0.717) is 13.1 Å². The summed E-state index contributed by atoms with van der Waals surface area (Å²) in [6.07, 6.45) is 1.89. The van der Waals surface area contributed by atoms with Gasteiger partial charge in [0, 0.05) is 23.8 Å². The molecule has 0 radical (unpaired) electrons. The number of amides is 2. The third-order valence-corrected chi connectivity index (χ3v) is 7.19. The lowest BCUT2D eigenvalue weighted by Crippen LogP contribution is -2.50. The van der Waals surface area contributed by atoms with Gasteiger partial charge in [0.1, 0.15) is 5.75 Å². The van der Waals surface area contributed by atoms with Crippen molar-refractivity contribution >= 4 is 29.3 Å². The highest BCUT2D eigenvalue weighted by Gasteiger charge is 2.60. The van der Waals surface area contributed by atoms with E-state index in [1.807, 2.05) is 58.3 Å². The van der Waals surface area contributed by atoms with Crippen molar-refractivity contribution in [3.63, 3.8) is 0 Å². The Hall–Kier alpha value is -2.47. The first-order valence-corrected chi connectivity index (χ1v) is 10.6. The molecule has 1 spiro atoms. The lowest BCUT2D eigenvalue weighted by Gasteiger charge is -2.33. The van der Waals surface area contributed by atoms with Crippen LogP contribution in [-0.2, 0) is 21.0 Å². The van der Waals surface area contributed by atoms with E-state index in [9.17, 15) is 9.59 Å². The fraction of sp³-hybridized carbons (Fsp3) is 0.364. The second kappa shape index (κ2) is 6.55. The Morgan fingerprint density at radius 3 is 2.82 bits per heavy atom. The van der Waals surface area contributed by atoms with Gasteiger partial charge in [0.2, 0.25) is 5.91 Å². The molecule has 5 rings (SSSR count). The van der Waals surface area contributed by atoms with Crippen LogP contribution < -0.4 is 9.64 Å². The van der Waals surface area contributed by atoms with Crippen LogP contribution in [0, 0.1) is 5.92 Å². The van der Waals surface area contributed by atoms with Crippen LogP contribution in [-0.4, -0.2) is 36.1 Å². The van der Waals surface area contributed by atoms with E-state index in [1.54, 1.807) is 18.9 Å². The maximum atomic E-state index is 13.8. The van der Waals surface area contributed by atoms with Crippen LogP contribution in [0.4, 0.5) is 5.69 Å². The number of rotatable bonds is 4. The highest BCUT2D eigenvalue weighted by molar-refractivity contribution is 8.01. The van der Waals surface area contributed by atoms with Crippen LogP contribution in [0.2, 0.25) is 0 Å². The van der Waals surface area contributed by atoms with Gasteiger partial charge in [-0.2, -0.15) is 0 Å². The van der Waals surface area contributed by atoms with Gasteiger partial charge in [0.25, 0.3) is 5.91 Å². The number of benzene rings is 2. The summed E-state index contributed by atoms with van der Waals surface area (Å²) in [6, 6.07) is 15.7. The van der Waals surface area contributed by atoms with Crippen LogP contribution in [0.3, 0.4) is 0 Å². The largest absolute Gasteiger partial charge is 0.497 e. The molecular formula is C22H22N2O3S. The van der Waals surface area contributed by atoms with Crippen molar-refractivity contribution in [3.8, 4) is 5.75 Å². The molecule has 2 heterocycles. The van der Waals surface area contributed by atoms with Crippen molar-refractivity contribution in [1.29, 1.82) is 0 Å². The normalized spacial score (nSPS) is 23.4. The number of carbonyl (C=O) groups is 2. The predicted molar refractivity (Wildman–Crippen MR) is 109 cm³/mol. The monoisotopic (exact) mass is 394 g/mol. The molecule has 28 heavy (non-hydrogen) atoms. The Kier molecular flexibility index (Phi) is 4.12. The van der Waals surface area contributed by atoms with Gasteiger partial charge in [-0.1, -0.05) is 30.3 Å². The Balaban J connectivity index is 1.55. The molecule has 5 nitrogen and oxygen atoms in total. The number of nitrogens with zero attached hydrogens (tertiary/aromatic N) is 2. The molecule has 3 aliphatic rings. The van der Waals surface area contributed by atoms with E-state index in [4.69, 9.17) is 4.74 Å². The molecule has 0 unspecified atom stereocenters. The minimum Gasteiger partial charge on any atom is -0.497 e. The third kappa shape index (κ3) is 2.54.